The predicted molar refractivity (Wildman–Crippen MR) is 106 cm³/mol. The van der Waals surface area contributed by atoms with Crippen molar-refractivity contribution in [2.24, 2.45) is 0 Å². The predicted octanol–water partition coefficient (Wildman–Crippen LogP) is 5.68. The Morgan fingerprint density at radius 1 is 0.857 bits per heavy atom. The topological polar surface area (TPSA) is 63.2 Å². The molecule has 0 aromatic heterocycles. The monoisotopic (exact) mass is 396 g/mol. The summed E-state index contributed by atoms with van der Waals surface area (Å²) in [6.45, 7) is 8.36. The van der Waals surface area contributed by atoms with E-state index in [9.17, 15) is 4.79 Å². The Bertz CT molecular complexity index is 569. The van der Waals surface area contributed by atoms with Gasteiger partial charge in [-0.05, 0) is 12.8 Å². The van der Waals surface area contributed by atoms with E-state index < -0.39 is 17.5 Å². The van der Waals surface area contributed by atoms with Gasteiger partial charge in [0.2, 0.25) is 11.5 Å². The second-order valence-corrected chi connectivity index (χ2v) is 7.52. The molecule has 2 heterocycles. The number of ether oxygens (including phenoxy) is 5. The summed E-state index contributed by atoms with van der Waals surface area (Å²) >= 11 is 0. The van der Waals surface area contributed by atoms with E-state index in [-0.39, 0.29) is 12.4 Å². The summed E-state index contributed by atoms with van der Waals surface area (Å²) in [5.74, 6) is -1.28. The summed E-state index contributed by atoms with van der Waals surface area (Å²) in [4.78, 5) is 12.4. The summed E-state index contributed by atoms with van der Waals surface area (Å²) in [5, 5.41) is 0. The van der Waals surface area contributed by atoms with Crippen LogP contribution < -0.4 is 0 Å². The molecule has 6 nitrogen and oxygen atoms in total. The largest absolute Gasteiger partial charge is 0.456 e. The first kappa shape index (κ1) is 22.4. The number of hydrogen-bond acceptors (Lipinski definition) is 6. The lowest BCUT2D eigenvalue weighted by Crippen LogP contribution is -2.31. The standard InChI is InChI=1S/C22H36O6/c1-5-9-11-13-21(7-3)25-16-18(27-21)15-24-20(23)19-17-26-22(8-4,28-19)14-12-10-6-2/h16-17H,5-15H2,1-4H3. The summed E-state index contributed by atoms with van der Waals surface area (Å²) in [6, 6.07) is 0. The molecule has 2 aliphatic rings. The first-order valence-electron chi connectivity index (χ1n) is 10.8. The van der Waals surface area contributed by atoms with E-state index in [1.54, 1.807) is 6.26 Å². The molecule has 6 heteroatoms. The van der Waals surface area contributed by atoms with E-state index in [4.69, 9.17) is 23.7 Å². The lowest BCUT2D eigenvalue weighted by Gasteiger charge is -2.27. The lowest BCUT2D eigenvalue weighted by atomic mass is 10.1. The minimum Gasteiger partial charge on any atom is -0.456 e. The van der Waals surface area contributed by atoms with Gasteiger partial charge < -0.3 is 23.7 Å². The van der Waals surface area contributed by atoms with Crippen molar-refractivity contribution in [3.63, 3.8) is 0 Å². The molecule has 0 amide bonds. The number of esters is 1. The van der Waals surface area contributed by atoms with Gasteiger partial charge in [-0.2, -0.15) is 0 Å². The van der Waals surface area contributed by atoms with Crippen LogP contribution in [0.4, 0.5) is 0 Å². The molecular formula is C22H36O6. The maximum absolute atomic E-state index is 12.4. The van der Waals surface area contributed by atoms with Gasteiger partial charge in [-0.25, -0.2) is 4.79 Å². The van der Waals surface area contributed by atoms with E-state index in [0.29, 0.717) is 12.2 Å². The third-order valence-electron chi connectivity index (χ3n) is 5.35. The molecule has 0 aromatic carbocycles. The van der Waals surface area contributed by atoms with Crippen molar-refractivity contribution in [1.29, 1.82) is 0 Å². The van der Waals surface area contributed by atoms with Crippen LogP contribution in [0.3, 0.4) is 0 Å². The molecule has 0 N–H and O–H groups in total. The van der Waals surface area contributed by atoms with Crippen LogP contribution in [0.1, 0.15) is 91.9 Å². The number of unbranched alkanes of at least 4 members (excludes halogenated alkanes) is 4. The molecule has 0 fully saturated rings. The zero-order valence-corrected chi connectivity index (χ0v) is 17.9. The second kappa shape index (κ2) is 10.6. The van der Waals surface area contributed by atoms with Crippen LogP contribution in [0, 0.1) is 0 Å². The third-order valence-corrected chi connectivity index (χ3v) is 5.35. The molecule has 2 unspecified atom stereocenters. The SMILES string of the molecule is CCCCCC1(CC)OC=C(COC(=O)C2=COC(CC)(CCCCC)O2)O1. The maximum atomic E-state index is 12.4. The first-order chi connectivity index (χ1) is 13.5. The Labute approximate surface area is 169 Å². The lowest BCUT2D eigenvalue weighted by molar-refractivity contribution is -0.173. The number of carbonyl (C=O) groups excluding carboxylic acids is 1. The minimum absolute atomic E-state index is 0.0179. The van der Waals surface area contributed by atoms with E-state index in [1.807, 2.05) is 13.8 Å². The van der Waals surface area contributed by atoms with Crippen LogP contribution >= 0.6 is 0 Å². The quantitative estimate of drug-likeness (QED) is 0.295. The molecule has 0 aliphatic carbocycles. The number of rotatable bonds is 13. The van der Waals surface area contributed by atoms with Crippen LogP contribution in [0.2, 0.25) is 0 Å². The fourth-order valence-corrected chi connectivity index (χ4v) is 3.40. The van der Waals surface area contributed by atoms with Gasteiger partial charge >= 0.3 is 5.97 Å². The van der Waals surface area contributed by atoms with Crippen LogP contribution in [-0.4, -0.2) is 24.2 Å². The van der Waals surface area contributed by atoms with E-state index >= 15 is 0 Å². The Kier molecular flexibility index (Phi) is 8.52. The van der Waals surface area contributed by atoms with Crippen molar-refractivity contribution < 1.29 is 28.5 Å². The molecular weight excluding hydrogens is 360 g/mol. The molecule has 0 aromatic rings. The van der Waals surface area contributed by atoms with Crippen molar-refractivity contribution in [2.45, 2.75) is 103 Å². The number of carbonyl (C=O) groups is 1. The van der Waals surface area contributed by atoms with Gasteiger partial charge in [0.15, 0.2) is 12.4 Å². The highest BCUT2D eigenvalue weighted by Gasteiger charge is 2.40. The smallest absolute Gasteiger partial charge is 0.377 e. The molecule has 0 spiro atoms. The zero-order valence-electron chi connectivity index (χ0n) is 17.9. The van der Waals surface area contributed by atoms with Crippen molar-refractivity contribution in [3.05, 3.63) is 24.0 Å². The molecule has 160 valence electrons. The summed E-state index contributed by atoms with van der Waals surface area (Å²) in [5.41, 5.74) is 0. The molecule has 0 saturated heterocycles. The van der Waals surface area contributed by atoms with Gasteiger partial charge in [0.1, 0.15) is 12.5 Å². The highest BCUT2D eigenvalue weighted by molar-refractivity contribution is 5.86. The van der Waals surface area contributed by atoms with Crippen molar-refractivity contribution >= 4 is 5.97 Å². The van der Waals surface area contributed by atoms with Crippen LogP contribution in [0.15, 0.2) is 24.0 Å². The van der Waals surface area contributed by atoms with Gasteiger partial charge in [-0.1, -0.05) is 53.4 Å². The van der Waals surface area contributed by atoms with Crippen molar-refractivity contribution in [3.8, 4) is 0 Å². The van der Waals surface area contributed by atoms with Gasteiger partial charge in [0, 0.05) is 25.7 Å². The van der Waals surface area contributed by atoms with Gasteiger partial charge in [-0.3, -0.25) is 0 Å². The average Bonchev–Trinajstić information content (AvgIpc) is 3.32. The normalized spacial score (nSPS) is 25.9. The summed E-state index contributed by atoms with van der Waals surface area (Å²) in [7, 11) is 0. The van der Waals surface area contributed by atoms with Crippen molar-refractivity contribution in [1.82, 2.24) is 0 Å². The number of hydrogen-bond donors (Lipinski definition) is 0. The highest BCUT2D eigenvalue weighted by Crippen LogP contribution is 2.35. The molecule has 0 saturated carbocycles. The Hall–Kier alpha value is -1.85. The fourth-order valence-electron chi connectivity index (χ4n) is 3.40. The molecule has 28 heavy (non-hydrogen) atoms. The minimum atomic E-state index is -0.744. The average molecular weight is 397 g/mol. The highest BCUT2D eigenvalue weighted by atomic mass is 16.7. The van der Waals surface area contributed by atoms with Crippen molar-refractivity contribution in [2.75, 3.05) is 6.61 Å². The molecule has 0 bridgehead atoms. The third kappa shape index (κ3) is 5.82. The molecule has 2 atom stereocenters. The fraction of sp³-hybridized carbons (Fsp3) is 0.773. The Balaban J connectivity index is 1.78. The maximum Gasteiger partial charge on any atom is 0.377 e. The first-order valence-corrected chi connectivity index (χ1v) is 10.8. The van der Waals surface area contributed by atoms with E-state index in [2.05, 4.69) is 13.8 Å². The van der Waals surface area contributed by atoms with E-state index in [1.165, 1.54) is 6.26 Å². The van der Waals surface area contributed by atoms with Gasteiger partial charge in [0.25, 0.3) is 5.79 Å². The molecule has 0 radical (unpaired) electrons. The summed E-state index contributed by atoms with van der Waals surface area (Å²) < 4.78 is 28.6. The van der Waals surface area contributed by atoms with E-state index in [0.717, 1.165) is 57.8 Å². The Morgan fingerprint density at radius 3 is 2.00 bits per heavy atom. The van der Waals surface area contributed by atoms with Gasteiger partial charge in [-0.15, -0.1) is 0 Å². The molecule has 2 aliphatic heterocycles. The van der Waals surface area contributed by atoms with Crippen LogP contribution in [0.25, 0.3) is 0 Å². The summed E-state index contributed by atoms with van der Waals surface area (Å²) in [6.07, 6.45) is 12.5. The molecule has 2 rings (SSSR count). The second-order valence-electron chi connectivity index (χ2n) is 7.52. The van der Waals surface area contributed by atoms with Crippen LogP contribution in [0.5, 0.6) is 0 Å². The van der Waals surface area contributed by atoms with Gasteiger partial charge in [0.05, 0.1) is 0 Å². The Morgan fingerprint density at radius 2 is 1.43 bits per heavy atom. The zero-order chi connectivity index (χ0) is 20.5. The van der Waals surface area contributed by atoms with Crippen LogP contribution in [-0.2, 0) is 28.5 Å².